The van der Waals surface area contributed by atoms with Crippen LogP contribution >= 0.6 is 12.4 Å². The van der Waals surface area contributed by atoms with E-state index in [0.29, 0.717) is 12.8 Å². The van der Waals surface area contributed by atoms with E-state index >= 15 is 0 Å². The number of allylic oxidation sites excluding steroid dienone is 2. The Kier molecular flexibility index (Phi) is 24.4. The van der Waals surface area contributed by atoms with Crippen molar-refractivity contribution < 1.29 is 10.2 Å². The van der Waals surface area contributed by atoms with Crippen molar-refractivity contribution >= 4 is 12.4 Å². The highest BCUT2D eigenvalue weighted by molar-refractivity contribution is 5.85. The molecule has 0 amide bonds. The van der Waals surface area contributed by atoms with Gasteiger partial charge in [0.15, 0.2) is 0 Å². The Morgan fingerprint density at radius 3 is 1.59 bits per heavy atom. The number of rotatable bonds is 21. The van der Waals surface area contributed by atoms with E-state index in [1.165, 1.54) is 83.5 Å². The van der Waals surface area contributed by atoms with Crippen LogP contribution < -0.4 is 5.32 Å². The maximum Gasteiger partial charge on any atom is 0.0866 e. The molecule has 3 N–H and O–H groups in total. The van der Waals surface area contributed by atoms with Crippen molar-refractivity contribution in [1.29, 1.82) is 0 Å². The van der Waals surface area contributed by atoms with E-state index in [-0.39, 0.29) is 30.0 Å². The third kappa shape index (κ3) is 25.0. The molecule has 0 aliphatic carbocycles. The quantitative estimate of drug-likeness (QED) is 0.0975. The number of halogens is 1. The largest absolute Gasteiger partial charge is 0.513 e. The first kappa shape index (κ1) is 30.3. The lowest BCUT2D eigenvalue weighted by Crippen LogP contribution is -2.30. The molecule has 29 heavy (non-hydrogen) atoms. The van der Waals surface area contributed by atoms with Crippen LogP contribution in [0.3, 0.4) is 0 Å². The summed E-state index contributed by atoms with van der Waals surface area (Å²) in [6.45, 7) is 10.2. The highest BCUT2D eigenvalue weighted by Crippen LogP contribution is 2.11. The molecule has 0 radical (unpaired) electrons. The summed E-state index contributed by atoms with van der Waals surface area (Å²) >= 11 is 0. The molecule has 0 bridgehead atoms. The monoisotopic (exact) mass is 429 g/mol. The first-order chi connectivity index (χ1) is 13.6. The van der Waals surface area contributed by atoms with Crippen LogP contribution in [-0.2, 0) is 0 Å². The summed E-state index contributed by atoms with van der Waals surface area (Å²) in [6.07, 6.45) is 24.1. The Hall–Kier alpha value is -0.930. The Morgan fingerprint density at radius 1 is 0.724 bits per heavy atom. The Labute approximate surface area is 187 Å². The molecule has 0 aromatic carbocycles. The lowest BCUT2D eigenvalue weighted by molar-refractivity contribution is 0.323. The molecule has 4 heteroatoms. The molecule has 0 aliphatic heterocycles. The SMILES string of the molecule is C=C(O)CC(CC(=C)O)NCCCCCCCCC=CCCCCCCCC.Cl. The average Bonchev–Trinajstić information content (AvgIpc) is 2.63. The first-order valence-electron chi connectivity index (χ1n) is 11.7. The molecule has 0 spiro atoms. The van der Waals surface area contributed by atoms with E-state index in [2.05, 4.69) is 37.6 Å². The maximum atomic E-state index is 9.33. The molecule has 0 saturated heterocycles. The van der Waals surface area contributed by atoms with E-state index in [1.54, 1.807) is 0 Å². The fourth-order valence-electron chi connectivity index (χ4n) is 3.46. The molecule has 0 aliphatic rings. The average molecular weight is 430 g/mol. The number of unbranched alkanes of at least 4 members (excludes halogenated alkanes) is 12. The second kappa shape index (κ2) is 23.3. The highest BCUT2D eigenvalue weighted by atomic mass is 35.5. The van der Waals surface area contributed by atoms with E-state index in [4.69, 9.17) is 0 Å². The molecule has 0 rings (SSSR count). The molecule has 0 fully saturated rings. The minimum absolute atomic E-state index is 0. The molecule has 0 saturated carbocycles. The van der Waals surface area contributed by atoms with Gasteiger partial charge in [-0.15, -0.1) is 12.4 Å². The molecule has 0 aromatic rings. The highest BCUT2D eigenvalue weighted by Gasteiger charge is 2.10. The van der Waals surface area contributed by atoms with Crippen LogP contribution in [0.1, 0.15) is 110 Å². The Balaban J connectivity index is 0. The molecule has 0 atom stereocenters. The molecule has 0 aromatic heterocycles. The second-order valence-corrected chi connectivity index (χ2v) is 8.13. The second-order valence-electron chi connectivity index (χ2n) is 8.13. The summed E-state index contributed by atoms with van der Waals surface area (Å²) < 4.78 is 0. The van der Waals surface area contributed by atoms with Gasteiger partial charge in [0, 0.05) is 18.9 Å². The van der Waals surface area contributed by atoms with Crippen LogP contribution in [0.4, 0.5) is 0 Å². The number of nitrogens with one attached hydrogen (secondary N) is 1. The van der Waals surface area contributed by atoms with Gasteiger partial charge in [-0.2, -0.15) is 0 Å². The van der Waals surface area contributed by atoms with Gasteiger partial charge in [-0.1, -0.05) is 90.0 Å². The van der Waals surface area contributed by atoms with E-state index in [9.17, 15) is 10.2 Å². The van der Waals surface area contributed by atoms with Crippen molar-refractivity contribution in [1.82, 2.24) is 5.32 Å². The van der Waals surface area contributed by atoms with Gasteiger partial charge < -0.3 is 15.5 Å². The lowest BCUT2D eigenvalue weighted by atomic mass is 10.1. The first-order valence-corrected chi connectivity index (χ1v) is 11.7. The molecular weight excluding hydrogens is 382 g/mol. The fourth-order valence-corrected chi connectivity index (χ4v) is 3.46. The van der Waals surface area contributed by atoms with Gasteiger partial charge in [-0.25, -0.2) is 0 Å². The van der Waals surface area contributed by atoms with Gasteiger partial charge in [0.1, 0.15) is 0 Å². The van der Waals surface area contributed by atoms with Gasteiger partial charge in [0.05, 0.1) is 11.5 Å². The van der Waals surface area contributed by atoms with Crippen LogP contribution in [0.2, 0.25) is 0 Å². The van der Waals surface area contributed by atoms with Gasteiger partial charge in [-0.3, -0.25) is 0 Å². The molecule has 0 unspecified atom stereocenters. The van der Waals surface area contributed by atoms with E-state index in [0.717, 1.165) is 13.0 Å². The zero-order valence-electron chi connectivity index (χ0n) is 19.0. The topological polar surface area (TPSA) is 52.5 Å². The molecule has 172 valence electrons. The Morgan fingerprint density at radius 2 is 1.14 bits per heavy atom. The predicted molar refractivity (Wildman–Crippen MR) is 131 cm³/mol. The van der Waals surface area contributed by atoms with Crippen molar-refractivity contribution in [2.75, 3.05) is 6.54 Å². The summed E-state index contributed by atoms with van der Waals surface area (Å²) in [5.41, 5.74) is 0. The summed E-state index contributed by atoms with van der Waals surface area (Å²) in [5.74, 6) is 0.305. The van der Waals surface area contributed by atoms with Crippen LogP contribution in [-0.4, -0.2) is 22.8 Å². The van der Waals surface area contributed by atoms with Gasteiger partial charge in [0.25, 0.3) is 0 Å². The maximum absolute atomic E-state index is 9.33. The number of hydrogen-bond donors (Lipinski definition) is 3. The van der Waals surface area contributed by atoms with Crippen LogP contribution in [0.5, 0.6) is 0 Å². The predicted octanol–water partition coefficient (Wildman–Crippen LogP) is 8.33. The van der Waals surface area contributed by atoms with Crippen molar-refractivity contribution in [3.63, 3.8) is 0 Å². The van der Waals surface area contributed by atoms with Crippen LogP contribution in [0, 0.1) is 0 Å². The van der Waals surface area contributed by atoms with E-state index in [1.807, 2.05) is 0 Å². The minimum atomic E-state index is 0. The number of aliphatic hydroxyl groups is 2. The molecule has 3 nitrogen and oxygen atoms in total. The summed E-state index contributed by atoms with van der Waals surface area (Å²) in [4.78, 5) is 0. The summed E-state index contributed by atoms with van der Waals surface area (Å²) in [6, 6.07) is 0.0260. The third-order valence-corrected chi connectivity index (χ3v) is 5.09. The fraction of sp³-hybridized carbons (Fsp3) is 0.760. The zero-order chi connectivity index (χ0) is 20.9. The van der Waals surface area contributed by atoms with Gasteiger partial charge in [0.2, 0.25) is 0 Å². The smallest absolute Gasteiger partial charge is 0.0866 e. The van der Waals surface area contributed by atoms with Crippen molar-refractivity contribution in [2.45, 2.75) is 116 Å². The summed E-state index contributed by atoms with van der Waals surface area (Å²) in [7, 11) is 0. The Bertz CT molecular complexity index is 394. The normalized spacial score (nSPS) is 11.1. The zero-order valence-corrected chi connectivity index (χ0v) is 19.8. The standard InChI is InChI=1S/C25H47NO2.ClH/c1-4-5-6-7-8-9-10-11-12-13-14-15-16-17-18-19-20-26-25(21-23(2)27)22-24(3)28;/h11-12,25-28H,2-10,13-22H2,1H3;1H. The number of aliphatic hydroxyl groups excluding tert-OH is 2. The van der Waals surface area contributed by atoms with Crippen molar-refractivity contribution in [3.8, 4) is 0 Å². The summed E-state index contributed by atoms with van der Waals surface area (Å²) in [5, 5.41) is 22.0. The third-order valence-electron chi connectivity index (χ3n) is 5.09. The van der Waals surface area contributed by atoms with E-state index < -0.39 is 0 Å². The lowest BCUT2D eigenvalue weighted by Gasteiger charge is -2.17. The van der Waals surface area contributed by atoms with Gasteiger partial charge in [-0.05, 0) is 38.6 Å². The van der Waals surface area contributed by atoms with Crippen molar-refractivity contribution in [3.05, 3.63) is 36.8 Å². The number of hydrogen-bond acceptors (Lipinski definition) is 3. The van der Waals surface area contributed by atoms with Crippen LogP contribution in [0.25, 0.3) is 0 Å². The van der Waals surface area contributed by atoms with Gasteiger partial charge >= 0.3 is 0 Å². The molecular formula is C25H48ClNO2. The van der Waals surface area contributed by atoms with Crippen LogP contribution in [0.15, 0.2) is 36.8 Å². The molecule has 0 heterocycles. The van der Waals surface area contributed by atoms with Crippen molar-refractivity contribution in [2.24, 2.45) is 0 Å². The minimum Gasteiger partial charge on any atom is -0.513 e.